The van der Waals surface area contributed by atoms with E-state index < -0.39 is 6.10 Å². The van der Waals surface area contributed by atoms with Gasteiger partial charge in [-0.25, -0.2) is 0 Å². The van der Waals surface area contributed by atoms with E-state index in [1.165, 1.54) is 5.56 Å². The van der Waals surface area contributed by atoms with Gasteiger partial charge in [0.2, 0.25) is 0 Å². The maximum absolute atomic E-state index is 11.7. The third-order valence-corrected chi connectivity index (χ3v) is 6.48. The van der Waals surface area contributed by atoms with Crippen molar-refractivity contribution >= 4 is 17.6 Å². The SMILES string of the molecule is CCOC(=O)CCc1ccccc1[C@@H](C)OCC(O)CN1CCC[C@H]1Cc1cccc(Cl)c1. The molecule has 5 nitrogen and oxygen atoms in total. The Balaban J connectivity index is 1.49. The van der Waals surface area contributed by atoms with Crippen LogP contribution in [0.25, 0.3) is 0 Å². The highest BCUT2D eigenvalue weighted by atomic mass is 35.5. The summed E-state index contributed by atoms with van der Waals surface area (Å²) in [6.07, 6.45) is 3.46. The number of benzene rings is 2. The third-order valence-electron chi connectivity index (χ3n) is 6.24. The summed E-state index contributed by atoms with van der Waals surface area (Å²) < 4.78 is 11.1. The van der Waals surface area contributed by atoms with E-state index >= 15 is 0 Å². The van der Waals surface area contributed by atoms with Crippen molar-refractivity contribution in [1.82, 2.24) is 4.90 Å². The molecule has 0 amide bonds. The smallest absolute Gasteiger partial charge is 0.306 e. The standard InChI is InChI=1S/C27H36ClNO4/c1-3-32-27(31)14-13-22-9-4-5-12-26(22)20(2)33-19-25(30)18-29-15-7-11-24(29)17-21-8-6-10-23(28)16-21/h4-6,8-10,12,16,20,24-25,30H,3,7,11,13-15,17-19H2,1-2H3/t20-,24+,25?/m1/s1. The van der Waals surface area contributed by atoms with Crippen LogP contribution in [0.2, 0.25) is 5.02 Å². The molecule has 0 radical (unpaired) electrons. The largest absolute Gasteiger partial charge is 0.466 e. The molecule has 2 aromatic carbocycles. The molecule has 0 aliphatic carbocycles. The van der Waals surface area contributed by atoms with Crippen LogP contribution < -0.4 is 0 Å². The van der Waals surface area contributed by atoms with Crippen LogP contribution in [0, 0.1) is 0 Å². The van der Waals surface area contributed by atoms with Gasteiger partial charge in [0.15, 0.2) is 0 Å². The number of rotatable bonds is 12. The van der Waals surface area contributed by atoms with Crippen molar-refractivity contribution < 1.29 is 19.4 Å². The predicted molar refractivity (Wildman–Crippen MR) is 132 cm³/mol. The molecule has 1 unspecified atom stereocenters. The van der Waals surface area contributed by atoms with E-state index in [2.05, 4.69) is 11.0 Å². The molecule has 1 aliphatic rings. The molecular formula is C27H36ClNO4. The van der Waals surface area contributed by atoms with Crippen LogP contribution in [0.3, 0.4) is 0 Å². The summed E-state index contributed by atoms with van der Waals surface area (Å²) in [5, 5.41) is 11.5. The van der Waals surface area contributed by atoms with E-state index in [4.69, 9.17) is 21.1 Å². The van der Waals surface area contributed by atoms with E-state index in [1.54, 1.807) is 0 Å². The van der Waals surface area contributed by atoms with Gasteiger partial charge in [-0.3, -0.25) is 9.69 Å². The fourth-order valence-corrected chi connectivity index (χ4v) is 4.81. The Bertz CT molecular complexity index is 890. The van der Waals surface area contributed by atoms with Crippen LogP contribution in [-0.2, 0) is 27.1 Å². The molecule has 1 aliphatic heterocycles. The van der Waals surface area contributed by atoms with E-state index in [0.717, 1.165) is 42.0 Å². The first-order valence-corrected chi connectivity index (χ1v) is 12.4. The molecule has 0 spiro atoms. The minimum atomic E-state index is -0.556. The highest BCUT2D eigenvalue weighted by Crippen LogP contribution is 2.25. The summed E-state index contributed by atoms with van der Waals surface area (Å²) in [6, 6.07) is 16.4. The zero-order chi connectivity index (χ0) is 23.6. The van der Waals surface area contributed by atoms with Crippen LogP contribution in [0.15, 0.2) is 48.5 Å². The molecule has 33 heavy (non-hydrogen) atoms. The Hall–Kier alpha value is -1.92. The quantitative estimate of drug-likeness (QED) is 0.440. The normalized spacial score (nSPS) is 18.2. The summed E-state index contributed by atoms with van der Waals surface area (Å²) in [6.45, 7) is 6.07. The molecule has 0 bridgehead atoms. The molecule has 6 heteroatoms. The third kappa shape index (κ3) is 8.11. The summed E-state index contributed by atoms with van der Waals surface area (Å²) in [4.78, 5) is 14.1. The molecule has 2 aromatic rings. The number of aryl methyl sites for hydroxylation is 1. The lowest BCUT2D eigenvalue weighted by molar-refractivity contribution is -0.143. The molecule has 0 saturated carbocycles. The van der Waals surface area contributed by atoms with E-state index in [0.29, 0.717) is 32.0 Å². The number of carbonyl (C=O) groups excluding carboxylic acids is 1. The molecule has 180 valence electrons. The van der Waals surface area contributed by atoms with Crippen LogP contribution in [0.1, 0.15) is 55.9 Å². The first kappa shape index (κ1) is 25.7. The number of hydrogen-bond acceptors (Lipinski definition) is 5. The zero-order valence-corrected chi connectivity index (χ0v) is 20.5. The maximum atomic E-state index is 11.7. The van der Waals surface area contributed by atoms with Crippen molar-refractivity contribution in [3.8, 4) is 0 Å². The average molecular weight is 474 g/mol. The van der Waals surface area contributed by atoms with Gasteiger partial charge in [-0.15, -0.1) is 0 Å². The van der Waals surface area contributed by atoms with Crippen molar-refractivity contribution in [2.45, 2.75) is 64.2 Å². The topological polar surface area (TPSA) is 59.0 Å². The first-order valence-electron chi connectivity index (χ1n) is 12.0. The number of carbonyl (C=O) groups is 1. The molecule has 3 rings (SSSR count). The zero-order valence-electron chi connectivity index (χ0n) is 19.7. The molecule has 3 atom stereocenters. The number of aliphatic hydroxyl groups excluding tert-OH is 1. The van der Waals surface area contributed by atoms with Gasteiger partial charge in [-0.1, -0.05) is 48.0 Å². The Morgan fingerprint density at radius 3 is 2.85 bits per heavy atom. The fraction of sp³-hybridized carbons (Fsp3) is 0.519. The lowest BCUT2D eigenvalue weighted by atomic mass is 9.99. The maximum Gasteiger partial charge on any atom is 0.306 e. The van der Waals surface area contributed by atoms with Crippen LogP contribution in [0.5, 0.6) is 0 Å². The Labute approximate surface area is 202 Å². The number of nitrogens with zero attached hydrogens (tertiary/aromatic N) is 1. The second kappa shape index (κ2) is 13.1. The number of β-amino-alcohol motifs (C(OH)–C–C–N with tert-alkyl or cyclic N) is 1. The number of likely N-dealkylation sites (tertiary alicyclic amines) is 1. The molecular weight excluding hydrogens is 438 g/mol. The van der Waals surface area contributed by atoms with Gasteiger partial charge in [0, 0.05) is 24.0 Å². The Morgan fingerprint density at radius 2 is 2.06 bits per heavy atom. The predicted octanol–water partition coefficient (Wildman–Crippen LogP) is 4.98. The summed E-state index contributed by atoms with van der Waals surface area (Å²) in [5.74, 6) is -0.186. The second-order valence-corrected chi connectivity index (χ2v) is 9.19. The minimum Gasteiger partial charge on any atom is -0.466 e. The Morgan fingerprint density at radius 1 is 1.24 bits per heavy atom. The Kier molecular flexibility index (Phi) is 10.2. The first-order chi connectivity index (χ1) is 16.0. The lowest BCUT2D eigenvalue weighted by Gasteiger charge is -2.27. The van der Waals surface area contributed by atoms with Gasteiger partial charge in [0.1, 0.15) is 0 Å². The van der Waals surface area contributed by atoms with E-state index in [9.17, 15) is 9.90 Å². The fourth-order valence-electron chi connectivity index (χ4n) is 4.60. The molecule has 0 aromatic heterocycles. The van der Waals surface area contributed by atoms with Gasteiger partial charge in [-0.2, -0.15) is 0 Å². The number of aliphatic hydroxyl groups is 1. The highest BCUT2D eigenvalue weighted by molar-refractivity contribution is 6.30. The minimum absolute atomic E-state index is 0.168. The highest BCUT2D eigenvalue weighted by Gasteiger charge is 2.27. The number of ether oxygens (including phenoxy) is 2. The van der Waals surface area contributed by atoms with Crippen molar-refractivity contribution in [3.63, 3.8) is 0 Å². The van der Waals surface area contributed by atoms with Crippen LogP contribution >= 0.6 is 11.6 Å². The summed E-state index contributed by atoms with van der Waals surface area (Å²) in [7, 11) is 0. The van der Waals surface area contributed by atoms with Crippen LogP contribution in [-0.4, -0.2) is 54.4 Å². The molecule has 1 saturated heterocycles. The van der Waals surface area contributed by atoms with Gasteiger partial charge in [0.05, 0.1) is 25.4 Å². The van der Waals surface area contributed by atoms with Crippen molar-refractivity contribution in [1.29, 1.82) is 0 Å². The lowest BCUT2D eigenvalue weighted by Crippen LogP contribution is -2.39. The molecule has 1 fully saturated rings. The van der Waals surface area contributed by atoms with Gasteiger partial charge in [0.25, 0.3) is 0 Å². The van der Waals surface area contributed by atoms with Gasteiger partial charge in [-0.05, 0) is 74.9 Å². The number of hydrogen-bond donors (Lipinski definition) is 1. The monoisotopic (exact) mass is 473 g/mol. The van der Waals surface area contributed by atoms with Crippen LogP contribution in [0.4, 0.5) is 0 Å². The van der Waals surface area contributed by atoms with E-state index in [1.807, 2.05) is 56.3 Å². The van der Waals surface area contributed by atoms with Crippen molar-refractivity contribution in [3.05, 3.63) is 70.2 Å². The second-order valence-electron chi connectivity index (χ2n) is 8.76. The van der Waals surface area contributed by atoms with Gasteiger partial charge >= 0.3 is 5.97 Å². The van der Waals surface area contributed by atoms with E-state index in [-0.39, 0.29) is 18.7 Å². The van der Waals surface area contributed by atoms with Crippen molar-refractivity contribution in [2.24, 2.45) is 0 Å². The van der Waals surface area contributed by atoms with Gasteiger partial charge < -0.3 is 14.6 Å². The summed E-state index contributed by atoms with van der Waals surface area (Å²) in [5.41, 5.74) is 3.36. The molecule has 1 N–H and O–H groups in total. The number of esters is 1. The molecule has 1 heterocycles. The summed E-state index contributed by atoms with van der Waals surface area (Å²) >= 11 is 6.14. The number of halogens is 1. The average Bonchev–Trinajstić information content (AvgIpc) is 3.22. The van der Waals surface area contributed by atoms with Crippen molar-refractivity contribution in [2.75, 3.05) is 26.3 Å².